The first-order valence-electron chi connectivity index (χ1n) is 6.00. The first-order chi connectivity index (χ1) is 8.58. The first-order valence-corrected chi connectivity index (χ1v) is 6.00. The van der Waals surface area contributed by atoms with Gasteiger partial charge in [0, 0.05) is 19.0 Å². The molecule has 1 aromatic heterocycles. The molecule has 0 spiro atoms. The minimum atomic E-state index is -1.09. The van der Waals surface area contributed by atoms with Crippen molar-refractivity contribution in [1.29, 1.82) is 0 Å². The maximum Gasteiger partial charge on any atom is 0.358 e. The maximum absolute atomic E-state index is 11.8. The molecule has 0 aromatic carbocycles. The highest BCUT2D eigenvalue weighted by atomic mass is 16.4. The largest absolute Gasteiger partial charge is 0.476 e. The third kappa shape index (κ3) is 2.66. The Balaban J connectivity index is 1.90. The van der Waals surface area contributed by atoms with Crippen molar-refractivity contribution in [3.05, 3.63) is 11.9 Å². The summed E-state index contributed by atoms with van der Waals surface area (Å²) in [6.07, 6.45) is 3.34. The fourth-order valence-corrected chi connectivity index (χ4v) is 2.08. The van der Waals surface area contributed by atoms with Gasteiger partial charge in [-0.3, -0.25) is 4.79 Å². The van der Waals surface area contributed by atoms with E-state index in [0.717, 1.165) is 19.4 Å². The highest BCUT2D eigenvalue weighted by Crippen LogP contribution is 2.16. The predicted molar refractivity (Wildman–Crippen MR) is 62.0 cm³/mol. The summed E-state index contributed by atoms with van der Waals surface area (Å²) in [4.78, 5) is 24.3. The molecule has 0 bridgehead atoms. The molecule has 1 N–H and O–H groups in total. The first kappa shape index (κ1) is 12.5. The lowest BCUT2D eigenvalue weighted by Crippen LogP contribution is -2.41. The molecule has 1 fully saturated rings. The number of piperidine rings is 1. The summed E-state index contributed by atoms with van der Waals surface area (Å²) in [6.45, 7) is 3.72. The zero-order valence-corrected chi connectivity index (χ0v) is 10.2. The van der Waals surface area contributed by atoms with Crippen molar-refractivity contribution in [3.63, 3.8) is 0 Å². The van der Waals surface area contributed by atoms with Crippen molar-refractivity contribution < 1.29 is 14.7 Å². The van der Waals surface area contributed by atoms with Gasteiger partial charge in [0.15, 0.2) is 5.69 Å². The highest BCUT2D eigenvalue weighted by molar-refractivity contribution is 5.84. The van der Waals surface area contributed by atoms with Crippen LogP contribution in [0.2, 0.25) is 0 Å². The zero-order valence-electron chi connectivity index (χ0n) is 10.2. The van der Waals surface area contributed by atoms with Crippen LogP contribution >= 0.6 is 0 Å². The fourth-order valence-electron chi connectivity index (χ4n) is 2.08. The second-order valence-electron chi connectivity index (χ2n) is 4.54. The number of aromatic nitrogens is 3. The molecule has 1 aliphatic heterocycles. The van der Waals surface area contributed by atoms with E-state index in [1.54, 1.807) is 4.90 Å². The van der Waals surface area contributed by atoms with Gasteiger partial charge < -0.3 is 10.0 Å². The minimum Gasteiger partial charge on any atom is -0.476 e. The average molecular weight is 252 g/mol. The van der Waals surface area contributed by atoms with Gasteiger partial charge in [-0.15, -0.1) is 5.10 Å². The van der Waals surface area contributed by atoms with Crippen molar-refractivity contribution in [2.45, 2.75) is 26.3 Å². The predicted octanol–water partition coefficient (Wildman–Crippen LogP) is 0.235. The topological polar surface area (TPSA) is 88.3 Å². The van der Waals surface area contributed by atoms with Crippen LogP contribution in [0.15, 0.2) is 6.20 Å². The highest BCUT2D eigenvalue weighted by Gasteiger charge is 2.24. The molecule has 7 heteroatoms. The Morgan fingerprint density at radius 2 is 2.33 bits per heavy atom. The van der Waals surface area contributed by atoms with E-state index in [4.69, 9.17) is 5.11 Å². The molecule has 0 aliphatic carbocycles. The molecule has 1 amide bonds. The van der Waals surface area contributed by atoms with Gasteiger partial charge in [-0.2, -0.15) is 0 Å². The monoisotopic (exact) mass is 252 g/mol. The molecule has 1 unspecified atom stereocenters. The molecular formula is C11H16N4O3. The summed E-state index contributed by atoms with van der Waals surface area (Å²) in [5.41, 5.74) is -0.0756. The third-order valence-corrected chi connectivity index (χ3v) is 3.16. The molecule has 7 nitrogen and oxygen atoms in total. The molecular weight excluding hydrogens is 236 g/mol. The molecule has 1 aliphatic rings. The number of hydrogen-bond donors (Lipinski definition) is 1. The fraction of sp³-hybridized carbons (Fsp3) is 0.636. The van der Waals surface area contributed by atoms with Gasteiger partial charge in [0.2, 0.25) is 5.91 Å². The van der Waals surface area contributed by atoms with E-state index in [-0.39, 0.29) is 17.5 Å². The van der Waals surface area contributed by atoms with Crippen molar-refractivity contribution >= 4 is 11.9 Å². The summed E-state index contributed by atoms with van der Waals surface area (Å²) in [7, 11) is 0. The summed E-state index contributed by atoms with van der Waals surface area (Å²) in [5, 5.41) is 15.9. The van der Waals surface area contributed by atoms with E-state index >= 15 is 0 Å². The minimum absolute atomic E-state index is 0.0756. The lowest BCUT2D eigenvalue weighted by atomic mass is 9.99. The second kappa shape index (κ2) is 5.16. The van der Waals surface area contributed by atoms with Gasteiger partial charge in [-0.25, -0.2) is 9.48 Å². The van der Waals surface area contributed by atoms with Gasteiger partial charge in [0.05, 0.1) is 12.7 Å². The maximum atomic E-state index is 11.8. The third-order valence-electron chi connectivity index (χ3n) is 3.16. The van der Waals surface area contributed by atoms with Gasteiger partial charge in [-0.1, -0.05) is 12.1 Å². The van der Waals surface area contributed by atoms with Crippen LogP contribution < -0.4 is 0 Å². The molecule has 0 saturated carbocycles. The van der Waals surface area contributed by atoms with E-state index in [9.17, 15) is 9.59 Å². The Kier molecular flexibility index (Phi) is 3.59. The molecule has 1 saturated heterocycles. The average Bonchev–Trinajstić information content (AvgIpc) is 2.80. The Morgan fingerprint density at radius 1 is 1.56 bits per heavy atom. The smallest absolute Gasteiger partial charge is 0.358 e. The van der Waals surface area contributed by atoms with Crippen LogP contribution in [0.3, 0.4) is 0 Å². The van der Waals surface area contributed by atoms with Crippen molar-refractivity contribution in [3.8, 4) is 0 Å². The Labute approximate surface area is 104 Å². The quantitative estimate of drug-likeness (QED) is 0.829. The van der Waals surface area contributed by atoms with Crippen molar-refractivity contribution in [2.24, 2.45) is 5.92 Å². The summed E-state index contributed by atoms with van der Waals surface area (Å²) in [6, 6.07) is 0. The molecule has 1 aromatic rings. The van der Waals surface area contributed by atoms with E-state index in [1.165, 1.54) is 10.9 Å². The summed E-state index contributed by atoms with van der Waals surface area (Å²) in [5.74, 6) is -0.840. The molecule has 1 atom stereocenters. The van der Waals surface area contributed by atoms with Gasteiger partial charge >= 0.3 is 5.97 Å². The van der Waals surface area contributed by atoms with E-state index in [2.05, 4.69) is 10.3 Å². The number of rotatable bonds is 4. The number of carbonyl (C=O) groups excluding carboxylic acids is 1. The standard InChI is InChI=1S/C11H16N4O3/c1-8-3-2-4-14(10(8)16)5-6-15-7-9(11(17)18)12-13-15/h7-8H,2-6H2,1H3,(H,17,18). The lowest BCUT2D eigenvalue weighted by Gasteiger charge is -2.30. The molecule has 2 heterocycles. The number of carboxylic acid groups (broad SMARTS) is 1. The second-order valence-corrected chi connectivity index (χ2v) is 4.54. The number of nitrogens with zero attached hydrogens (tertiary/aromatic N) is 4. The summed E-state index contributed by atoms with van der Waals surface area (Å²) >= 11 is 0. The number of hydrogen-bond acceptors (Lipinski definition) is 4. The van der Waals surface area contributed by atoms with Crippen LogP contribution in [0, 0.1) is 5.92 Å². The van der Waals surface area contributed by atoms with Crippen LogP contribution in [0.1, 0.15) is 30.3 Å². The Morgan fingerprint density at radius 3 is 3.00 bits per heavy atom. The molecule has 0 radical (unpaired) electrons. The van der Waals surface area contributed by atoms with E-state index in [0.29, 0.717) is 13.1 Å². The van der Waals surface area contributed by atoms with Crippen LogP contribution in [0.5, 0.6) is 0 Å². The number of carbonyl (C=O) groups is 2. The van der Waals surface area contributed by atoms with Crippen LogP contribution in [0.4, 0.5) is 0 Å². The van der Waals surface area contributed by atoms with Gasteiger partial charge in [0.1, 0.15) is 0 Å². The lowest BCUT2D eigenvalue weighted by molar-refractivity contribution is -0.137. The number of likely N-dealkylation sites (tertiary alicyclic amines) is 1. The molecule has 98 valence electrons. The SMILES string of the molecule is CC1CCCN(CCn2cc(C(=O)O)nn2)C1=O. The van der Waals surface area contributed by atoms with Crippen molar-refractivity contribution in [1.82, 2.24) is 19.9 Å². The molecule has 2 rings (SSSR count). The number of carboxylic acids is 1. The normalized spacial score (nSPS) is 20.2. The zero-order chi connectivity index (χ0) is 13.1. The van der Waals surface area contributed by atoms with Crippen LogP contribution in [-0.4, -0.2) is 50.0 Å². The van der Waals surface area contributed by atoms with Crippen molar-refractivity contribution in [2.75, 3.05) is 13.1 Å². The Bertz CT molecular complexity index is 457. The van der Waals surface area contributed by atoms with Gasteiger partial charge in [0.25, 0.3) is 0 Å². The van der Waals surface area contributed by atoms with Crippen LogP contribution in [0.25, 0.3) is 0 Å². The Hall–Kier alpha value is -1.92. The molecule has 18 heavy (non-hydrogen) atoms. The van der Waals surface area contributed by atoms with E-state index < -0.39 is 5.97 Å². The van der Waals surface area contributed by atoms with Crippen LogP contribution in [-0.2, 0) is 11.3 Å². The number of amides is 1. The van der Waals surface area contributed by atoms with Gasteiger partial charge in [-0.05, 0) is 12.8 Å². The number of aromatic carboxylic acids is 1. The summed E-state index contributed by atoms with van der Waals surface area (Å²) < 4.78 is 1.45. The van der Waals surface area contributed by atoms with E-state index in [1.807, 2.05) is 6.92 Å².